The predicted octanol–water partition coefficient (Wildman–Crippen LogP) is 0.383. The average molecular weight is 193 g/mol. The second kappa shape index (κ2) is 4.72. The van der Waals surface area contributed by atoms with Crippen LogP contribution in [0.15, 0.2) is 18.3 Å². The van der Waals surface area contributed by atoms with Gasteiger partial charge in [0.05, 0.1) is 6.04 Å². The number of nitrogens with two attached hydrogens (primary N) is 1. The van der Waals surface area contributed by atoms with E-state index in [0.717, 1.165) is 5.56 Å². The van der Waals surface area contributed by atoms with Crippen molar-refractivity contribution < 1.29 is 4.79 Å². The Morgan fingerprint density at radius 1 is 1.71 bits per heavy atom. The van der Waals surface area contributed by atoms with Crippen molar-refractivity contribution in [2.24, 2.45) is 0 Å². The molecule has 1 aromatic rings. The number of hydrogen-bond acceptors (Lipinski definition) is 4. The molecule has 0 amide bonds. The van der Waals surface area contributed by atoms with Gasteiger partial charge in [-0.15, -0.1) is 0 Å². The molecule has 14 heavy (non-hydrogen) atoms. The van der Waals surface area contributed by atoms with Gasteiger partial charge < -0.3 is 11.1 Å². The molecule has 1 aromatic heterocycles. The number of carbonyl (C=O) groups excluding carboxylic acids is 1. The van der Waals surface area contributed by atoms with Crippen LogP contribution in [-0.2, 0) is 11.2 Å². The van der Waals surface area contributed by atoms with Crippen LogP contribution in [0.5, 0.6) is 0 Å². The van der Waals surface area contributed by atoms with Gasteiger partial charge in [-0.2, -0.15) is 0 Å². The molecular formula is C10H15N3O. The minimum Gasteiger partial charge on any atom is -0.383 e. The summed E-state index contributed by atoms with van der Waals surface area (Å²) in [7, 11) is 1.76. The smallest absolute Gasteiger partial charge is 0.153 e. The monoisotopic (exact) mass is 193 g/mol. The number of nitrogen functional groups attached to an aromatic ring is 1. The van der Waals surface area contributed by atoms with Crippen molar-refractivity contribution in [1.82, 2.24) is 10.3 Å². The standard InChI is InChI=1S/C10H15N3O/c1-7(12-2)9(14)6-8-4-3-5-13-10(8)11/h3-5,7,12H,6H2,1-2H3,(H2,11,13). The van der Waals surface area contributed by atoms with E-state index in [4.69, 9.17) is 5.73 Å². The lowest BCUT2D eigenvalue weighted by atomic mass is 10.1. The summed E-state index contributed by atoms with van der Waals surface area (Å²) in [5.74, 6) is 0.552. The van der Waals surface area contributed by atoms with Crippen molar-refractivity contribution in [2.45, 2.75) is 19.4 Å². The van der Waals surface area contributed by atoms with Gasteiger partial charge in [0, 0.05) is 18.2 Å². The van der Waals surface area contributed by atoms with E-state index in [1.54, 1.807) is 19.3 Å². The molecular weight excluding hydrogens is 178 g/mol. The van der Waals surface area contributed by atoms with Crippen molar-refractivity contribution in [2.75, 3.05) is 12.8 Å². The van der Waals surface area contributed by atoms with Gasteiger partial charge in [0.1, 0.15) is 5.82 Å². The average Bonchev–Trinajstić information content (AvgIpc) is 2.20. The van der Waals surface area contributed by atoms with Crippen molar-refractivity contribution in [3.05, 3.63) is 23.9 Å². The van der Waals surface area contributed by atoms with Crippen LogP contribution in [0, 0.1) is 0 Å². The molecule has 76 valence electrons. The number of Topliss-reactive ketones (excluding diaryl/α,β-unsaturated/α-hetero) is 1. The summed E-state index contributed by atoms with van der Waals surface area (Å²) in [5, 5.41) is 2.89. The van der Waals surface area contributed by atoms with Crippen molar-refractivity contribution in [1.29, 1.82) is 0 Å². The quantitative estimate of drug-likeness (QED) is 0.725. The van der Waals surface area contributed by atoms with Crippen LogP contribution in [0.2, 0.25) is 0 Å². The molecule has 0 aromatic carbocycles. The zero-order chi connectivity index (χ0) is 10.6. The highest BCUT2D eigenvalue weighted by atomic mass is 16.1. The van der Waals surface area contributed by atoms with E-state index in [1.165, 1.54) is 0 Å². The Hall–Kier alpha value is -1.42. The predicted molar refractivity (Wildman–Crippen MR) is 55.9 cm³/mol. The second-order valence-electron chi connectivity index (χ2n) is 3.20. The first-order valence-corrected chi connectivity index (χ1v) is 4.54. The first kappa shape index (κ1) is 10.7. The van der Waals surface area contributed by atoms with Gasteiger partial charge >= 0.3 is 0 Å². The molecule has 4 nitrogen and oxygen atoms in total. The maximum absolute atomic E-state index is 11.5. The number of aromatic nitrogens is 1. The Morgan fingerprint density at radius 2 is 2.43 bits per heavy atom. The molecule has 4 heteroatoms. The van der Waals surface area contributed by atoms with E-state index < -0.39 is 0 Å². The third-order valence-corrected chi connectivity index (χ3v) is 2.21. The van der Waals surface area contributed by atoms with Crippen LogP contribution in [0.4, 0.5) is 5.82 Å². The molecule has 3 N–H and O–H groups in total. The fourth-order valence-corrected chi connectivity index (χ4v) is 1.10. The Bertz CT molecular complexity index is 325. The van der Waals surface area contributed by atoms with Gasteiger partial charge in [-0.25, -0.2) is 4.98 Å². The summed E-state index contributed by atoms with van der Waals surface area (Å²) in [6, 6.07) is 3.46. The van der Waals surface area contributed by atoms with Gasteiger partial charge in [-0.3, -0.25) is 4.79 Å². The van der Waals surface area contributed by atoms with Gasteiger partial charge in [0.2, 0.25) is 0 Å². The van der Waals surface area contributed by atoms with E-state index in [-0.39, 0.29) is 11.8 Å². The number of ketones is 1. The first-order chi connectivity index (χ1) is 6.65. The Kier molecular flexibility index (Phi) is 3.59. The van der Waals surface area contributed by atoms with Crippen LogP contribution in [-0.4, -0.2) is 23.9 Å². The topological polar surface area (TPSA) is 68.0 Å². The van der Waals surface area contributed by atoms with Crippen LogP contribution >= 0.6 is 0 Å². The van der Waals surface area contributed by atoms with Crippen LogP contribution in [0.25, 0.3) is 0 Å². The fraction of sp³-hybridized carbons (Fsp3) is 0.400. The fourth-order valence-electron chi connectivity index (χ4n) is 1.10. The Balaban J connectivity index is 2.70. The van der Waals surface area contributed by atoms with E-state index >= 15 is 0 Å². The lowest BCUT2D eigenvalue weighted by Crippen LogP contribution is -2.32. The van der Waals surface area contributed by atoms with Crippen LogP contribution in [0.1, 0.15) is 12.5 Å². The highest BCUT2D eigenvalue weighted by Crippen LogP contribution is 2.08. The molecule has 0 fully saturated rings. The number of nitrogens with one attached hydrogen (secondary N) is 1. The number of carbonyl (C=O) groups is 1. The molecule has 1 unspecified atom stereocenters. The molecule has 1 heterocycles. The maximum atomic E-state index is 11.5. The number of anilines is 1. The van der Waals surface area contributed by atoms with Crippen molar-refractivity contribution in [3.63, 3.8) is 0 Å². The van der Waals surface area contributed by atoms with Gasteiger partial charge in [0.25, 0.3) is 0 Å². The highest BCUT2D eigenvalue weighted by Gasteiger charge is 2.12. The molecule has 0 radical (unpaired) electrons. The van der Waals surface area contributed by atoms with E-state index in [0.29, 0.717) is 12.2 Å². The molecule has 0 bridgehead atoms. The number of likely N-dealkylation sites (N-methyl/N-ethyl adjacent to an activating group) is 1. The summed E-state index contributed by atoms with van der Waals surface area (Å²) >= 11 is 0. The lowest BCUT2D eigenvalue weighted by Gasteiger charge is -2.09. The molecule has 0 aliphatic heterocycles. The first-order valence-electron chi connectivity index (χ1n) is 4.54. The molecule has 0 spiro atoms. The number of pyridine rings is 1. The number of rotatable bonds is 4. The van der Waals surface area contributed by atoms with E-state index in [1.807, 2.05) is 13.0 Å². The third-order valence-electron chi connectivity index (χ3n) is 2.21. The van der Waals surface area contributed by atoms with Crippen molar-refractivity contribution in [3.8, 4) is 0 Å². The molecule has 0 saturated heterocycles. The highest BCUT2D eigenvalue weighted by molar-refractivity contribution is 5.86. The third kappa shape index (κ3) is 2.53. The SMILES string of the molecule is CNC(C)C(=O)Cc1cccnc1N. The minimum atomic E-state index is -0.144. The van der Waals surface area contributed by atoms with E-state index in [9.17, 15) is 4.79 Å². The minimum absolute atomic E-state index is 0.118. The summed E-state index contributed by atoms with van der Waals surface area (Å²) in [6.45, 7) is 1.83. The summed E-state index contributed by atoms with van der Waals surface area (Å²) < 4.78 is 0. The summed E-state index contributed by atoms with van der Waals surface area (Å²) in [5.41, 5.74) is 6.42. The second-order valence-corrected chi connectivity index (χ2v) is 3.20. The van der Waals surface area contributed by atoms with E-state index in [2.05, 4.69) is 10.3 Å². The molecule has 0 saturated carbocycles. The Morgan fingerprint density at radius 3 is 3.00 bits per heavy atom. The summed E-state index contributed by atoms with van der Waals surface area (Å²) in [6.07, 6.45) is 1.95. The van der Waals surface area contributed by atoms with Crippen LogP contribution < -0.4 is 11.1 Å². The normalized spacial score (nSPS) is 12.4. The Labute approximate surface area is 83.5 Å². The summed E-state index contributed by atoms with van der Waals surface area (Å²) in [4.78, 5) is 15.5. The largest absolute Gasteiger partial charge is 0.383 e. The zero-order valence-corrected chi connectivity index (χ0v) is 8.45. The maximum Gasteiger partial charge on any atom is 0.153 e. The van der Waals surface area contributed by atoms with Crippen molar-refractivity contribution >= 4 is 11.6 Å². The zero-order valence-electron chi connectivity index (χ0n) is 8.45. The number of hydrogen-bond donors (Lipinski definition) is 2. The molecule has 1 atom stereocenters. The number of nitrogens with zero attached hydrogens (tertiary/aromatic N) is 1. The molecule has 0 aliphatic carbocycles. The van der Waals surface area contributed by atoms with Gasteiger partial charge in [0.15, 0.2) is 5.78 Å². The molecule has 0 aliphatic rings. The van der Waals surface area contributed by atoms with Gasteiger partial charge in [-0.1, -0.05) is 6.07 Å². The van der Waals surface area contributed by atoms with Crippen LogP contribution in [0.3, 0.4) is 0 Å². The molecule has 1 rings (SSSR count). The van der Waals surface area contributed by atoms with Gasteiger partial charge in [-0.05, 0) is 20.0 Å². The lowest BCUT2D eigenvalue weighted by molar-refractivity contribution is -0.119.